The molecule has 142 valence electrons. The van der Waals surface area contributed by atoms with Gasteiger partial charge in [0.1, 0.15) is 5.75 Å². The maximum absolute atomic E-state index is 10.1. The van der Waals surface area contributed by atoms with E-state index in [2.05, 4.69) is 54.6 Å². The van der Waals surface area contributed by atoms with Gasteiger partial charge in [0.15, 0.2) is 0 Å². The number of nitrogens with zero attached hydrogens (tertiary/aromatic N) is 1. The first kappa shape index (κ1) is 19.4. The van der Waals surface area contributed by atoms with Crippen molar-refractivity contribution in [3.63, 3.8) is 0 Å². The van der Waals surface area contributed by atoms with Gasteiger partial charge in [0.25, 0.3) is 0 Å². The molecule has 0 bridgehead atoms. The minimum atomic E-state index is -0.763. The zero-order valence-corrected chi connectivity index (χ0v) is 17.3. The first-order chi connectivity index (χ1) is 14.2. The summed E-state index contributed by atoms with van der Waals surface area (Å²) in [6.45, 7) is 0. The van der Waals surface area contributed by atoms with Crippen molar-refractivity contribution in [3.05, 3.63) is 114 Å². The quantitative estimate of drug-likeness (QED) is 0.336. The highest BCUT2D eigenvalue weighted by Crippen LogP contribution is 2.36. The van der Waals surface area contributed by atoms with Crippen molar-refractivity contribution >= 4 is 47.3 Å². The predicted molar refractivity (Wildman–Crippen MR) is 126 cm³/mol. The number of para-hydroxylation sites is 1. The van der Waals surface area contributed by atoms with Crippen LogP contribution in [0.4, 0.5) is 5.69 Å². The van der Waals surface area contributed by atoms with Crippen LogP contribution in [0, 0.1) is 0 Å². The first-order valence-electron chi connectivity index (χ1n) is 9.24. The van der Waals surface area contributed by atoms with Crippen LogP contribution in [-0.2, 0) is 0 Å². The SMILES string of the molecule is Oc1ccc(Cl)cc1C=Nc1ccccc1P(c1ccccc1)c1ccccc1. The smallest absolute Gasteiger partial charge is 0.124 e. The van der Waals surface area contributed by atoms with Crippen molar-refractivity contribution in [3.8, 4) is 5.75 Å². The van der Waals surface area contributed by atoms with E-state index in [0.717, 1.165) is 11.0 Å². The highest BCUT2D eigenvalue weighted by Gasteiger charge is 2.18. The Hall–Kier alpha value is -2.93. The number of hydrogen-bond donors (Lipinski definition) is 1. The second-order valence-electron chi connectivity index (χ2n) is 6.46. The number of rotatable bonds is 5. The number of halogens is 1. The van der Waals surface area contributed by atoms with Crippen LogP contribution in [0.1, 0.15) is 5.56 Å². The molecule has 0 aliphatic rings. The summed E-state index contributed by atoms with van der Waals surface area (Å²) in [7, 11) is -0.763. The van der Waals surface area contributed by atoms with Gasteiger partial charge in [-0.3, -0.25) is 4.99 Å². The van der Waals surface area contributed by atoms with Crippen molar-refractivity contribution in [1.29, 1.82) is 0 Å². The summed E-state index contributed by atoms with van der Waals surface area (Å²) in [5.74, 6) is 0.156. The van der Waals surface area contributed by atoms with Gasteiger partial charge < -0.3 is 5.11 Å². The second kappa shape index (κ2) is 9.05. The van der Waals surface area contributed by atoms with E-state index < -0.39 is 7.92 Å². The van der Waals surface area contributed by atoms with Crippen LogP contribution >= 0.6 is 19.5 Å². The van der Waals surface area contributed by atoms with E-state index in [1.807, 2.05) is 30.3 Å². The zero-order chi connectivity index (χ0) is 20.1. The molecule has 0 spiro atoms. The fourth-order valence-electron chi connectivity index (χ4n) is 3.11. The van der Waals surface area contributed by atoms with E-state index in [-0.39, 0.29) is 5.75 Å². The van der Waals surface area contributed by atoms with Crippen LogP contribution < -0.4 is 15.9 Å². The molecule has 0 radical (unpaired) electrons. The van der Waals surface area contributed by atoms with E-state index in [0.29, 0.717) is 10.6 Å². The summed E-state index contributed by atoms with van der Waals surface area (Å²) in [4.78, 5) is 4.72. The molecule has 0 aliphatic heterocycles. The number of phenols is 1. The number of benzene rings is 4. The molecule has 4 aromatic carbocycles. The lowest BCUT2D eigenvalue weighted by Crippen LogP contribution is -2.20. The molecular weight excluding hydrogens is 397 g/mol. The Labute approximate surface area is 176 Å². The molecule has 0 atom stereocenters. The molecule has 4 rings (SSSR count). The maximum Gasteiger partial charge on any atom is 0.124 e. The molecule has 4 aromatic rings. The van der Waals surface area contributed by atoms with Crippen LogP contribution in [0.25, 0.3) is 0 Å². The predicted octanol–water partition coefficient (Wildman–Crippen LogP) is 5.55. The van der Waals surface area contributed by atoms with E-state index in [9.17, 15) is 5.11 Å². The molecule has 1 N–H and O–H groups in total. The van der Waals surface area contributed by atoms with Crippen LogP contribution in [0.5, 0.6) is 5.75 Å². The maximum atomic E-state index is 10.1. The van der Waals surface area contributed by atoms with E-state index >= 15 is 0 Å². The summed E-state index contributed by atoms with van der Waals surface area (Å²) in [6, 6.07) is 34.2. The largest absolute Gasteiger partial charge is 0.507 e. The molecule has 2 nitrogen and oxygen atoms in total. The average Bonchev–Trinajstić information content (AvgIpc) is 2.77. The number of phenolic OH excluding ortho intramolecular Hbond substituents is 1. The van der Waals surface area contributed by atoms with Gasteiger partial charge in [-0.1, -0.05) is 90.5 Å². The molecule has 0 unspecified atom stereocenters. The summed E-state index contributed by atoms with van der Waals surface area (Å²) in [5, 5.41) is 14.4. The third-order valence-corrected chi connectivity index (χ3v) is 7.21. The van der Waals surface area contributed by atoms with Gasteiger partial charge in [-0.25, -0.2) is 0 Å². The summed E-state index contributed by atoms with van der Waals surface area (Å²) < 4.78 is 0. The molecule has 0 amide bonds. The Balaban J connectivity index is 1.81. The van der Waals surface area contributed by atoms with Crippen molar-refractivity contribution in [2.24, 2.45) is 4.99 Å². The lowest BCUT2D eigenvalue weighted by atomic mass is 10.2. The second-order valence-corrected chi connectivity index (χ2v) is 9.08. The summed E-state index contributed by atoms with van der Waals surface area (Å²) in [5.41, 5.74) is 1.47. The van der Waals surface area contributed by atoms with Gasteiger partial charge in [0, 0.05) is 22.1 Å². The molecule has 4 heteroatoms. The van der Waals surface area contributed by atoms with Crippen molar-refractivity contribution in [2.45, 2.75) is 0 Å². The molecule has 0 saturated heterocycles. The topological polar surface area (TPSA) is 32.6 Å². The van der Waals surface area contributed by atoms with Gasteiger partial charge in [-0.2, -0.15) is 0 Å². The van der Waals surface area contributed by atoms with Gasteiger partial charge >= 0.3 is 0 Å². The minimum absolute atomic E-state index is 0.156. The van der Waals surface area contributed by atoms with Crippen molar-refractivity contribution < 1.29 is 5.11 Å². The molecule has 0 saturated carbocycles. The Morgan fingerprint density at radius 3 is 1.97 bits per heavy atom. The van der Waals surface area contributed by atoms with Gasteiger partial charge in [-0.15, -0.1) is 0 Å². The molecule has 0 heterocycles. The van der Waals surface area contributed by atoms with Gasteiger partial charge in [0.2, 0.25) is 0 Å². The first-order valence-corrected chi connectivity index (χ1v) is 11.0. The monoisotopic (exact) mass is 415 g/mol. The lowest BCUT2D eigenvalue weighted by molar-refractivity contribution is 0.474. The molecule has 29 heavy (non-hydrogen) atoms. The van der Waals surface area contributed by atoms with Crippen LogP contribution in [-0.4, -0.2) is 11.3 Å². The fraction of sp³-hybridized carbons (Fsp3) is 0. The number of aliphatic imine (C=N–C) groups is 1. The molecular formula is C25H19ClNOP. The number of hydrogen-bond acceptors (Lipinski definition) is 2. The third-order valence-electron chi connectivity index (χ3n) is 4.48. The van der Waals surface area contributed by atoms with E-state index in [1.54, 1.807) is 24.4 Å². The van der Waals surface area contributed by atoms with Gasteiger partial charge in [-0.05, 0) is 42.8 Å². The summed E-state index contributed by atoms with van der Waals surface area (Å²) >= 11 is 6.07. The minimum Gasteiger partial charge on any atom is -0.507 e. The number of aromatic hydroxyl groups is 1. The Kier molecular flexibility index (Phi) is 6.05. The normalized spacial score (nSPS) is 11.2. The Bertz CT molecular complexity index is 1090. The van der Waals surface area contributed by atoms with Crippen molar-refractivity contribution in [2.75, 3.05) is 0 Å². The highest BCUT2D eigenvalue weighted by molar-refractivity contribution is 7.80. The zero-order valence-electron chi connectivity index (χ0n) is 15.6. The van der Waals surface area contributed by atoms with Gasteiger partial charge in [0.05, 0.1) is 5.69 Å². The van der Waals surface area contributed by atoms with Crippen LogP contribution in [0.3, 0.4) is 0 Å². The fourth-order valence-corrected chi connectivity index (χ4v) is 5.68. The molecule has 0 fully saturated rings. The van der Waals surface area contributed by atoms with E-state index in [4.69, 9.17) is 16.6 Å². The van der Waals surface area contributed by atoms with Crippen LogP contribution in [0.2, 0.25) is 5.02 Å². The molecule has 0 aromatic heterocycles. The Morgan fingerprint density at radius 2 is 1.31 bits per heavy atom. The highest BCUT2D eigenvalue weighted by atomic mass is 35.5. The van der Waals surface area contributed by atoms with E-state index in [1.165, 1.54) is 10.6 Å². The third kappa shape index (κ3) is 4.56. The van der Waals surface area contributed by atoms with Crippen LogP contribution in [0.15, 0.2) is 108 Å². The Morgan fingerprint density at radius 1 is 0.724 bits per heavy atom. The average molecular weight is 416 g/mol. The summed E-state index contributed by atoms with van der Waals surface area (Å²) in [6.07, 6.45) is 1.67. The van der Waals surface area contributed by atoms with Crippen molar-refractivity contribution in [1.82, 2.24) is 0 Å². The standard InChI is InChI=1S/C25H19ClNOP/c26-20-15-16-24(28)19(17-20)18-27-23-13-7-8-14-25(23)29(21-9-3-1-4-10-21)22-11-5-2-6-12-22/h1-18,28H. The molecule has 0 aliphatic carbocycles. The lowest BCUT2D eigenvalue weighted by Gasteiger charge is -2.20.